The number of carbonyl (C=O) groups excluding carboxylic acids is 1. The summed E-state index contributed by atoms with van der Waals surface area (Å²) in [4.78, 5) is 20.5. The number of amides is 1. The van der Waals surface area contributed by atoms with E-state index in [0.29, 0.717) is 11.7 Å². The summed E-state index contributed by atoms with van der Waals surface area (Å²) >= 11 is 0. The van der Waals surface area contributed by atoms with Crippen molar-refractivity contribution in [2.45, 2.75) is 24.9 Å². The normalized spacial score (nSPS) is 28.9. The number of rotatable bonds is 2. The maximum Gasteiger partial charge on any atom is 0.271 e. The van der Waals surface area contributed by atoms with Gasteiger partial charge in [0.15, 0.2) is 5.65 Å². The largest absolute Gasteiger partial charge is 0.346 e. The zero-order valence-electron chi connectivity index (χ0n) is 10.4. The standard InChI is InChI=1S/C13H15N5O/c19-13(17-10-4-8-3-9(10)15-5-8)11-7-18-2-1-14-12(18)6-16-11/h1-2,6-10,15H,3-5H2,(H,17,19)/t8-,9-,10-/m0/s1. The van der Waals surface area contributed by atoms with Gasteiger partial charge in [0, 0.05) is 30.7 Å². The lowest BCUT2D eigenvalue weighted by Gasteiger charge is -2.23. The highest BCUT2D eigenvalue weighted by Crippen LogP contribution is 2.31. The van der Waals surface area contributed by atoms with Gasteiger partial charge < -0.3 is 15.0 Å². The molecule has 2 aliphatic rings. The van der Waals surface area contributed by atoms with Gasteiger partial charge in [0.25, 0.3) is 5.91 Å². The van der Waals surface area contributed by atoms with E-state index >= 15 is 0 Å². The Morgan fingerprint density at radius 1 is 1.42 bits per heavy atom. The molecular formula is C13H15N5O. The molecule has 3 atom stereocenters. The monoisotopic (exact) mass is 257 g/mol. The van der Waals surface area contributed by atoms with Crippen molar-refractivity contribution in [1.82, 2.24) is 25.0 Å². The van der Waals surface area contributed by atoms with Gasteiger partial charge in [-0.3, -0.25) is 4.79 Å². The van der Waals surface area contributed by atoms with Crippen molar-refractivity contribution in [1.29, 1.82) is 0 Å². The third-order valence-electron chi connectivity index (χ3n) is 4.16. The fourth-order valence-corrected chi connectivity index (χ4v) is 3.20. The topological polar surface area (TPSA) is 71.3 Å². The van der Waals surface area contributed by atoms with E-state index in [4.69, 9.17) is 0 Å². The third-order valence-corrected chi connectivity index (χ3v) is 4.16. The second kappa shape index (κ2) is 4.03. The number of nitrogens with zero attached hydrogens (tertiary/aromatic N) is 3. The van der Waals surface area contributed by atoms with Crippen LogP contribution in [0.1, 0.15) is 23.3 Å². The molecule has 2 fully saturated rings. The summed E-state index contributed by atoms with van der Waals surface area (Å²) in [5, 5.41) is 6.52. The fraction of sp³-hybridized carbons (Fsp3) is 0.462. The first-order chi connectivity index (χ1) is 9.29. The van der Waals surface area contributed by atoms with Gasteiger partial charge in [-0.2, -0.15) is 0 Å². The molecule has 98 valence electrons. The summed E-state index contributed by atoms with van der Waals surface area (Å²) < 4.78 is 1.81. The van der Waals surface area contributed by atoms with Crippen LogP contribution in [0.5, 0.6) is 0 Å². The van der Waals surface area contributed by atoms with E-state index in [9.17, 15) is 4.79 Å². The molecule has 1 aliphatic carbocycles. The minimum Gasteiger partial charge on any atom is -0.346 e. The Kier molecular flexibility index (Phi) is 2.32. The Balaban J connectivity index is 1.53. The molecule has 4 rings (SSSR count). The van der Waals surface area contributed by atoms with Gasteiger partial charge in [-0.15, -0.1) is 0 Å². The highest BCUT2D eigenvalue weighted by molar-refractivity contribution is 5.92. The maximum absolute atomic E-state index is 12.2. The van der Waals surface area contributed by atoms with Crippen LogP contribution in [0, 0.1) is 5.92 Å². The zero-order valence-corrected chi connectivity index (χ0v) is 10.4. The third kappa shape index (κ3) is 1.79. The zero-order chi connectivity index (χ0) is 12.8. The molecule has 0 aromatic carbocycles. The van der Waals surface area contributed by atoms with E-state index in [1.54, 1.807) is 23.0 Å². The second-order valence-corrected chi connectivity index (χ2v) is 5.40. The first-order valence-corrected chi connectivity index (χ1v) is 6.62. The number of hydrogen-bond acceptors (Lipinski definition) is 4. The molecule has 1 saturated heterocycles. The van der Waals surface area contributed by atoms with Gasteiger partial charge in [0.1, 0.15) is 5.69 Å². The average molecular weight is 257 g/mol. The summed E-state index contributed by atoms with van der Waals surface area (Å²) in [6.07, 6.45) is 9.10. The Hall–Kier alpha value is -1.95. The van der Waals surface area contributed by atoms with Crippen LogP contribution in [-0.2, 0) is 0 Å². The first-order valence-electron chi connectivity index (χ1n) is 6.62. The van der Waals surface area contributed by atoms with E-state index < -0.39 is 0 Å². The summed E-state index contributed by atoms with van der Waals surface area (Å²) in [6.45, 7) is 1.09. The van der Waals surface area contributed by atoms with Crippen molar-refractivity contribution < 1.29 is 4.79 Å². The SMILES string of the molecule is O=C(N[C@H]1C[C@H]2CN[C@H]1C2)c1cn2ccnc2cn1. The molecule has 6 heteroatoms. The van der Waals surface area contributed by atoms with Crippen molar-refractivity contribution in [3.63, 3.8) is 0 Å². The molecule has 2 N–H and O–H groups in total. The number of aromatic nitrogens is 3. The maximum atomic E-state index is 12.2. The van der Waals surface area contributed by atoms with Crippen LogP contribution < -0.4 is 10.6 Å². The van der Waals surface area contributed by atoms with E-state index in [2.05, 4.69) is 20.6 Å². The molecular weight excluding hydrogens is 242 g/mol. The molecule has 2 bridgehead atoms. The number of carbonyl (C=O) groups is 1. The van der Waals surface area contributed by atoms with E-state index in [0.717, 1.165) is 24.5 Å². The first kappa shape index (κ1) is 10.9. The quantitative estimate of drug-likeness (QED) is 0.807. The smallest absolute Gasteiger partial charge is 0.271 e. The van der Waals surface area contributed by atoms with Crippen LogP contribution >= 0.6 is 0 Å². The predicted octanol–water partition coefficient (Wildman–Crippen LogP) is 0.209. The highest BCUT2D eigenvalue weighted by Gasteiger charge is 2.40. The molecule has 19 heavy (non-hydrogen) atoms. The molecule has 1 aliphatic heterocycles. The van der Waals surface area contributed by atoms with Crippen LogP contribution in [0.2, 0.25) is 0 Å². The summed E-state index contributed by atoms with van der Waals surface area (Å²) in [7, 11) is 0. The number of piperidine rings is 1. The van der Waals surface area contributed by atoms with Gasteiger partial charge >= 0.3 is 0 Å². The van der Waals surface area contributed by atoms with Crippen LogP contribution in [0.3, 0.4) is 0 Å². The Morgan fingerprint density at radius 3 is 3.16 bits per heavy atom. The molecule has 3 heterocycles. The number of hydrogen-bond donors (Lipinski definition) is 2. The van der Waals surface area contributed by atoms with Crippen molar-refractivity contribution in [3.8, 4) is 0 Å². The molecule has 2 aromatic rings. The van der Waals surface area contributed by atoms with E-state index in [1.807, 2.05) is 6.20 Å². The minimum atomic E-state index is -0.102. The Morgan fingerprint density at radius 2 is 2.37 bits per heavy atom. The molecule has 0 unspecified atom stereocenters. The van der Waals surface area contributed by atoms with Crippen LogP contribution in [0.4, 0.5) is 0 Å². The molecule has 0 radical (unpaired) electrons. The van der Waals surface area contributed by atoms with Crippen molar-refractivity contribution in [2.24, 2.45) is 5.92 Å². The second-order valence-electron chi connectivity index (χ2n) is 5.40. The van der Waals surface area contributed by atoms with Gasteiger partial charge in [-0.05, 0) is 25.3 Å². The highest BCUT2D eigenvalue weighted by atomic mass is 16.2. The average Bonchev–Trinajstić information content (AvgIpc) is 3.13. The minimum absolute atomic E-state index is 0.102. The Labute approximate surface area is 110 Å². The predicted molar refractivity (Wildman–Crippen MR) is 68.8 cm³/mol. The number of imidazole rings is 1. The molecule has 1 amide bonds. The molecule has 2 aromatic heterocycles. The van der Waals surface area contributed by atoms with E-state index in [-0.39, 0.29) is 11.9 Å². The summed E-state index contributed by atoms with van der Waals surface area (Å²) in [5.74, 6) is 0.620. The lowest BCUT2D eigenvalue weighted by atomic mass is 10.1. The van der Waals surface area contributed by atoms with Crippen molar-refractivity contribution >= 4 is 11.6 Å². The molecule has 6 nitrogen and oxygen atoms in total. The lowest BCUT2D eigenvalue weighted by molar-refractivity contribution is 0.0923. The summed E-state index contributed by atoms with van der Waals surface area (Å²) in [6, 6.07) is 0.678. The van der Waals surface area contributed by atoms with Gasteiger partial charge in [-0.25, -0.2) is 9.97 Å². The van der Waals surface area contributed by atoms with Crippen molar-refractivity contribution in [3.05, 3.63) is 30.5 Å². The van der Waals surface area contributed by atoms with Crippen LogP contribution in [0.15, 0.2) is 24.8 Å². The van der Waals surface area contributed by atoms with Crippen molar-refractivity contribution in [2.75, 3.05) is 6.54 Å². The van der Waals surface area contributed by atoms with Crippen LogP contribution in [-0.4, -0.2) is 38.9 Å². The number of fused-ring (bicyclic) bond motifs is 3. The van der Waals surface area contributed by atoms with Crippen LogP contribution in [0.25, 0.3) is 5.65 Å². The lowest BCUT2D eigenvalue weighted by Crippen LogP contribution is -2.48. The molecule has 1 saturated carbocycles. The molecule has 0 spiro atoms. The van der Waals surface area contributed by atoms with Gasteiger partial charge in [0.2, 0.25) is 0 Å². The van der Waals surface area contributed by atoms with E-state index in [1.165, 1.54) is 6.42 Å². The number of nitrogens with one attached hydrogen (secondary N) is 2. The van der Waals surface area contributed by atoms with Gasteiger partial charge in [0.05, 0.1) is 6.20 Å². The fourth-order valence-electron chi connectivity index (χ4n) is 3.20. The van der Waals surface area contributed by atoms with Gasteiger partial charge in [-0.1, -0.05) is 0 Å². The summed E-state index contributed by atoms with van der Waals surface area (Å²) in [5.41, 5.74) is 1.19. The Bertz CT molecular complexity index is 637.